The van der Waals surface area contributed by atoms with E-state index in [9.17, 15) is 19.1 Å². The molecule has 0 spiro atoms. The first kappa shape index (κ1) is 18.1. The van der Waals surface area contributed by atoms with E-state index < -0.39 is 12.1 Å². The maximum atomic E-state index is 13.1. The molecule has 1 aliphatic rings. The van der Waals surface area contributed by atoms with E-state index in [-0.39, 0.29) is 23.3 Å². The molecule has 2 unspecified atom stereocenters. The molecule has 6 nitrogen and oxygen atoms in total. The van der Waals surface area contributed by atoms with Crippen LogP contribution in [0.5, 0.6) is 0 Å². The molecule has 2 N–H and O–H groups in total. The summed E-state index contributed by atoms with van der Waals surface area (Å²) in [5.41, 5.74) is 1.68. The second-order valence-electron chi connectivity index (χ2n) is 6.28. The Hall–Kier alpha value is -2.67. The fraction of sp³-hybridized carbons (Fsp3) is 0.368. The number of carboxylic acid groups (broad SMARTS) is 1. The molecule has 3 rings (SSSR count). The summed E-state index contributed by atoms with van der Waals surface area (Å²) >= 11 is 0. The highest BCUT2D eigenvalue weighted by Crippen LogP contribution is 2.29. The molecule has 138 valence electrons. The van der Waals surface area contributed by atoms with Crippen LogP contribution in [0.25, 0.3) is 0 Å². The van der Waals surface area contributed by atoms with Crippen molar-refractivity contribution >= 4 is 11.9 Å². The standard InChI is InChI=1S/C19H21FN2O4/c1-3-15(12-4-6-13(20)7-5-12)21-18(23)16-10-14(19(24)25)17-11(2)26-9-8-22(16)17/h4-7,10-11,15H,3,8-9H2,1-2H3,(H,21,23)(H,24,25). The van der Waals surface area contributed by atoms with Crippen LogP contribution in [0.2, 0.25) is 0 Å². The van der Waals surface area contributed by atoms with Crippen molar-refractivity contribution in [1.29, 1.82) is 0 Å². The Morgan fingerprint density at radius 2 is 2.08 bits per heavy atom. The summed E-state index contributed by atoms with van der Waals surface area (Å²) < 4.78 is 20.4. The number of benzene rings is 1. The van der Waals surface area contributed by atoms with E-state index in [0.29, 0.717) is 31.0 Å². The number of ether oxygens (including phenoxy) is 1. The van der Waals surface area contributed by atoms with Crippen LogP contribution >= 0.6 is 0 Å². The average Bonchev–Trinajstić information content (AvgIpc) is 3.02. The van der Waals surface area contributed by atoms with Crippen molar-refractivity contribution in [1.82, 2.24) is 9.88 Å². The minimum atomic E-state index is -1.09. The van der Waals surface area contributed by atoms with Crippen molar-refractivity contribution in [3.8, 4) is 0 Å². The van der Waals surface area contributed by atoms with Crippen LogP contribution in [-0.2, 0) is 11.3 Å². The molecule has 0 saturated carbocycles. The molecule has 2 atom stereocenters. The van der Waals surface area contributed by atoms with Crippen molar-refractivity contribution in [3.63, 3.8) is 0 Å². The zero-order valence-electron chi connectivity index (χ0n) is 14.7. The second-order valence-corrected chi connectivity index (χ2v) is 6.28. The summed E-state index contributed by atoms with van der Waals surface area (Å²) in [7, 11) is 0. The molecule has 1 aromatic carbocycles. The van der Waals surface area contributed by atoms with Gasteiger partial charge in [-0.1, -0.05) is 19.1 Å². The lowest BCUT2D eigenvalue weighted by Gasteiger charge is -2.25. The lowest BCUT2D eigenvalue weighted by atomic mass is 10.0. The molecule has 0 bridgehead atoms. The van der Waals surface area contributed by atoms with Gasteiger partial charge in [-0.2, -0.15) is 0 Å². The molecule has 1 aliphatic heterocycles. The highest BCUT2D eigenvalue weighted by molar-refractivity contribution is 5.98. The monoisotopic (exact) mass is 360 g/mol. The molecular weight excluding hydrogens is 339 g/mol. The first-order valence-corrected chi connectivity index (χ1v) is 8.57. The van der Waals surface area contributed by atoms with Gasteiger partial charge in [0.15, 0.2) is 0 Å². The minimum absolute atomic E-state index is 0.0807. The number of nitrogens with zero attached hydrogens (tertiary/aromatic N) is 1. The highest BCUT2D eigenvalue weighted by Gasteiger charge is 2.30. The Kier molecular flexibility index (Phi) is 5.08. The van der Waals surface area contributed by atoms with Crippen molar-refractivity contribution in [2.24, 2.45) is 0 Å². The summed E-state index contributed by atoms with van der Waals surface area (Å²) in [6.07, 6.45) is 0.228. The van der Waals surface area contributed by atoms with E-state index >= 15 is 0 Å². The third kappa shape index (κ3) is 3.35. The molecule has 0 saturated heterocycles. The van der Waals surface area contributed by atoms with Gasteiger partial charge in [-0.05, 0) is 37.1 Å². The molecule has 0 aliphatic carbocycles. The lowest BCUT2D eigenvalue weighted by Crippen LogP contribution is -2.32. The number of aromatic nitrogens is 1. The smallest absolute Gasteiger partial charge is 0.337 e. The first-order valence-electron chi connectivity index (χ1n) is 8.57. The van der Waals surface area contributed by atoms with Crippen LogP contribution < -0.4 is 5.32 Å². The highest BCUT2D eigenvalue weighted by atomic mass is 19.1. The van der Waals surface area contributed by atoms with E-state index in [1.165, 1.54) is 18.2 Å². The summed E-state index contributed by atoms with van der Waals surface area (Å²) in [5, 5.41) is 12.4. The fourth-order valence-corrected chi connectivity index (χ4v) is 3.35. The molecule has 2 aromatic rings. The Balaban J connectivity index is 1.91. The summed E-state index contributed by atoms with van der Waals surface area (Å²) in [5.74, 6) is -1.78. The predicted molar refractivity (Wildman–Crippen MR) is 92.7 cm³/mol. The van der Waals surface area contributed by atoms with E-state index in [4.69, 9.17) is 4.74 Å². The van der Waals surface area contributed by atoms with E-state index in [2.05, 4.69) is 5.32 Å². The summed E-state index contributed by atoms with van der Waals surface area (Å²) in [6, 6.07) is 7.08. The number of amides is 1. The molecule has 26 heavy (non-hydrogen) atoms. The van der Waals surface area contributed by atoms with Gasteiger partial charge in [-0.25, -0.2) is 9.18 Å². The Bertz CT molecular complexity index is 829. The number of fused-ring (bicyclic) bond motifs is 1. The number of carboxylic acids is 1. The number of carbonyl (C=O) groups is 2. The maximum absolute atomic E-state index is 13.1. The van der Waals surface area contributed by atoms with E-state index in [1.807, 2.05) is 6.92 Å². The van der Waals surface area contributed by atoms with Crippen molar-refractivity contribution in [2.75, 3.05) is 6.61 Å². The third-order valence-corrected chi connectivity index (χ3v) is 4.66. The largest absolute Gasteiger partial charge is 0.478 e. The Morgan fingerprint density at radius 1 is 1.38 bits per heavy atom. The fourth-order valence-electron chi connectivity index (χ4n) is 3.35. The van der Waals surface area contributed by atoms with E-state index in [0.717, 1.165) is 5.56 Å². The second kappa shape index (κ2) is 7.29. The van der Waals surface area contributed by atoms with Crippen molar-refractivity contribution < 1.29 is 23.8 Å². The van der Waals surface area contributed by atoms with Gasteiger partial charge >= 0.3 is 5.97 Å². The lowest BCUT2D eigenvalue weighted by molar-refractivity contribution is 0.0300. The normalized spacial score (nSPS) is 17.4. The number of halogens is 1. The van der Waals surface area contributed by atoms with Gasteiger partial charge in [0.2, 0.25) is 0 Å². The number of carbonyl (C=O) groups excluding carboxylic acids is 1. The van der Waals surface area contributed by atoms with Crippen LogP contribution in [0.4, 0.5) is 4.39 Å². The number of rotatable bonds is 5. The topological polar surface area (TPSA) is 80.6 Å². The number of nitrogens with one attached hydrogen (secondary N) is 1. The van der Waals surface area contributed by atoms with Crippen LogP contribution in [-0.4, -0.2) is 28.2 Å². The maximum Gasteiger partial charge on any atom is 0.337 e. The van der Waals surface area contributed by atoms with E-state index in [1.54, 1.807) is 23.6 Å². The molecular formula is C19H21FN2O4. The van der Waals surface area contributed by atoms with Gasteiger partial charge in [-0.3, -0.25) is 4.79 Å². The molecule has 7 heteroatoms. The number of aromatic carboxylic acids is 1. The SMILES string of the molecule is CCC(NC(=O)c1cc(C(=O)O)c2n1CCOC2C)c1ccc(F)cc1. The zero-order valence-corrected chi connectivity index (χ0v) is 14.7. The van der Waals surface area contributed by atoms with Crippen LogP contribution in [0, 0.1) is 5.82 Å². The van der Waals surface area contributed by atoms with Gasteiger partial charge in [-0.15, -0.1) is 0 Å². The Labute approximate surface area is 150 Å². The zero-order chi connectivity index (χ0) is 18.8. The number of hydrogen-bond donors (Lipinski definition) is 2. The van der Waals surface area contributed by atoms with Gasteiger partial charge in [0.1, 0.15) is 11.5 Å². The molecule has 0 fully saturated rings. The average molecular weight is 360 g/mol. The van der Waals surface area contributed by atoms with Gasteiger partial charge < -0.3 is 19.7 Å². The van der Waals surface area contributed by atoms with Gasteiger partial charge in [0, 0.05) is 6.54 Å². The van der Waals surface area contributed by atoms with Crippen LogP contribution in [0.1, 0.15) is 64.5 Å². The van der Waals surface area contributed by atoms with Crippen LogP contribution in [0.15, 0.2) is 30.3 Å². The third-order valence-electron chi connectivity index (χ3n) is 4.66. The predicted octanol–water partition coefficient (Wildman–Crippen LogP) is 3.30. The van der Waals surface area contributed by atoms with Gasteiger partial charge in [0.05, 0.1) is 30.0 Å². The van der Waals surface area contributed by atoms with Crippen LogP contribution in [0.3, 0.4) is 0 Å². The first-order chi connectivity index (χ1) is 12.4. The van der Waals surface area contributed by atoms with Gasteiger partial charge in [0.25, 0.3) is 5.91 Å². The molecule has 2 heterocycles. The summed E-state index contributed by atoms with van der Waals surface area (Å²) in [6.45, 7) is 4.52. The number of hydrogen-bond acceptors (Lipinski definition) is 3. The minimum Gasteiger partial charge on any atom is -0.478 e. The quantitative estimate of drug-likeness (QED) is 0.857. The summed E-state index contributed by atoms with van der Waals surface area (Å²) in [4.78, 5) is 24.4. The molecule has 0 radical (unpaired) electrons. The molecule has 1 amide bonds. The molecule has 1 aromatic heterocycles. The van der Waals surface area contributed by atoms with Crippen molar-refractivity contribution in [2.45, 2.75) is 39.0 Å². The van der Waals surface area contributed by atoms with Crippen molar-refractivity contribution in [3.05, 3.63) is 58.7 Å². The Morgan fingerprint density at radius 3 is 2.69 bits per heavy atom.